The molecule has 1 aliphatic heterocycles. The molecule has 2 aliphatic rings. The van der Waals surface area contributed by atoms with Gasteiger partial charge in [0.25, 0.3) is 0 Å². The number of furan rings is 1. The number of amidine groups is 2. The van der Waals surface area contributed by atoms with Crippen LogP contribution in [0, 0.1) is 0 Å². The van der Waals surface area contributed by atoms with Gasteiger partial charge in [-0.05, 0) is 64.4 Å². The fourth-order valence-corrected chi connectivity index (χ4v) is 6.93. The zero-order valence-corrected chi connectivity index (χ0v) is 25.7. The van der Waals surface area contributed by atoms with E-state index in [9.17, 15) is 0 Å². The van der Waals surface area contributed by atoms with Gasteiger partial charge in [-0.1, -0.05) is 133 Å². The SMILES string of the molecule is C1=Cc2cccc(-c3ccc(-c4cc(C5N=C(c6ccccc6)N=C(c6ccccc6)N5)c5c(c4)oc4ccccc45)cc3)c2CC1. The van der Waals surface area contributed by atoms with Crippen LogP contribution in [0.5, 0.6) is 0 Å². The van der Waals surface area contributed by atoms with Crippen LogP contribution in [0.25, 0.3) is 50.3 Å². The highest BCUT2D eigenvalue weighted by Gasteiger charge is 2.25. The zero-order valence-electron chi connectivity index (χ0n) is 25.7. The van der Waals surface area contributed by atoms with Crippen LogP contribution in [-0.2, 0) is 6.42 Å². The van der Waals surface area contributed by atoms with Gasteiger partial charge in [-0.2, -0.15) is 0 Å². The zero-order chi connectivity index (χ0) is 31.2. The van der Waals surface area contributed by atoms with E-state index in [1.807, 2.05) is 48.5 Å². The molecule has 1 aromatic heterocycles. The van der Waals surface area contributed by atoms with Gasteiger partial charge >= 0.3 is 0 Å². The summed E-state index contributed by atoms with van der Waals surface area (Å²) in [6, 6.07) is 48.7. The molecule has 7 aromatic rings. The van der Waals surface area contributed by atoms with Crippen LogP contribution in [0.2, 0.25) is 0 Å². The summed E-state index contributed by atoms with van der Waals surface area (Å²) < 4.78 is 6.51. The Kier molecular flexibility index (Phi) is 6.64. The van der Waals surface area contributed by atoms with Gasteiger partial charge in [0.05, 0.1) is 0 Å². The largest absolute Gasteiger partial charge is 0.456 e. The summed E-state index contributed by atoms with van der Waals surface area (Å²) in [6.07, 6.45) is 6.29. The van der Waals surface area contributed by atoms with Gasteiger partial charge in [-0.25, -0.2) is 9.98 Å². The van der Waals surface area contributed by atoms with Crippen LogP contribution in [-0.4, -0.2) is 11.7 Å². The smallest absolute Gasteiger partial charge is 0.159 e. The van der Waals surface area contributed by atoms with E-state index in [0.29, 0.717) is 5.84 Å². The quantitative estimate of drug-likeness (QED) is 0.212. The number of nitrogens with zero attached hydrogens (tertiary/aromatic N) is 2. The van der Waals surface area contributed by atoms with Crippen LogP contribution < -0.4 is 5.32 Å². The Hall–Kier alpha value is -6.00. The van der Waals surface area contributed by atoms with E-state index in [0.717, 1.165) is 68.4 Å². The van der Waals surface area contributed by atoms with Crippen molar-refractivity contribution in [2.24, 2.45) is 9.98 Å². The minimum Gasteiger partial charge on any atom is -0.456 e. The lowest BCUT2D eigenvalue weighted by Gasteiger charge is -2.24. The number of hydrogen-bond acceptors (Lipinski definition) is 4. The maximum Gasteiger partial charge on any atom is 0.159 e. The molecule has 2 heterocycles. The molecule has 4 heteroatoms. The third-order valence-electron chi connectivity index (χ3n) is 9.23. The molecule has 224 valence electrons. The lowest BCUT2D eigenvalue weighted by molar-refractivity contribution is 0.662. The average molecular weight is 606 g/mol. The molecule has 0 saturated heterocycles. The van der Waals surface area contributed by atoms with Gasteiger partial charge in [0, 0.05) is 27.5 Å². The van der Waals surface area contributed by atoms with E-state index in [2.05, 4.69) is 108 Å². The summed E-state index contributed by atoms with van der Waals surface area (Å²) >= 11 is 0. The van der Waals surface area contributed by atoms with Crippen LogP contribution in [0.15, 0.2) is 160 Å². The topological polar surface area (TPSA) is 49.9 Å². The molecule has 1 atom stereocenters. The molecule has 0 fully saturated rings. The number of fused-ring (bicyclic) bond motifs is 4. The van der Waals surface area contributed by atoms with Crippen molar-refractivity contribution < 1.29 is 4.42 Å². The number of hydrogen-bond donors (Lipinski definition) is 1. The summed E-state index contributed by atoms with van der Waals surface area (Å²) in [7, 11) is 0. The number of aliphatic imine (C=N–C) groups is 2. The van der Waals surface area contributed by atoms with E-state index >= 15 is 0 Å². The molecule has 6 aromatic carbocycles. The number of rotatable bonds is 5. The van der Waals surface area contributed by atoms with Gasteiger partial charge in [-0.15, -0.1) is 0 Å². The van der Waals surface area contributed by atoms with Crippen LogP contribution >= 0.6 is 0 Å². The highest BCUT2D eigenvalue weighted by Crippen LogP contribution is 2.40. The van der Waals surface area contributed by atoms with Gasteiger partial charge in [0.1, 0.15) is 23.2 Å². The van der Waals surface area contributed by atoms with Crippen molar-refractivity contribution >= 4 is 39.7 Å². The van der Waals surface area contributed by atoms with Crippen molar-refractivity contribution in [2.75, 3.05) is 0 Å². The molecule has 47 heavy (non-hydrogen) atoms. The summed E-state index contributed by atoms with van der Waals surface area (Å²) in [5.74, 6) is 1.49. The average Bonchev–Trinajstić information content (AvgIpc) is 3.53. The molecular weight excluding hydrogens is 574 g/mol. The fraction of sp³-hybridized carbons (Fsp3) is 0.0698. The van der Waals surface area contributed by atoms with Crippen molar-refractivity contribution in [3.05, 3.63) is 173 Å². The minimum atomic E-state index is -0.385. The van der Waals surface area contributed by atoms with Crippen molar-refractivity contribution in [3.63, 3.8) is 0 Å². The van der Waals surface area contributed by atoms with E-state index in [1.54, 1.807) is 0 Å². The van der Waals surface area contributed by atoms with Crippen molar-refractivity contribution in [3.8, 4) is 22.3 Å². The van der Waals surface area contributed by atoms with E-state index < -0.39 is 0 Å². The third-order valence-corrected chi connectivity index (χ3v) is 9.23. The second-order valence-electron chi connectivity index (χ2n) is 12.1. The molecule has 1 N–H and O–H groups in total. The van der Waals surface area contributed by atoms with Crippen LogP contribution in [0.4, 0.5) is 0 Å². The summed E-state index contributed by atoms with van der Waals surface area (Å²) in [5, 5.41) is 5.82. The van der Waals surface area contributed by atoms with E-state index in [4.69, 9.17) is 14.4 Å². The molecule has 0 bridgehead atoms. The lowest BCUT2D eigenvalue weighted by atomic mass is 9.89. The fourth-order valence-electron chi connectivity index (χ4n) is 6.93. The minimum absolute atomic E-state index is 0.385. The second-order valence-corrected chi connectivity index (χ2v) is 12.1. The number of allylic oxidation sites excluding steroid dienone is 1. The summed E-state index contributed by atoms with van der Waals surface area (Å²) in [5.41, 5.74) is 12.3. The first kappa shape index (κ1) is 27.3. The Bertz CT molecular complexity index is 2360. The van der Waals surface area contributed by atoms with Gasteiger partial charge < -0.3 is 9.73 Å². The van der Waals surface area contributed by atoms with Crippen molar-refractivity contribution in [1.29, 1.82) is 0 Å². The molecule has 1 unspecified atom stereocenters. The summed E-state index contributed by atoms with van der Waals surface area (Å²) in [6.45, 7) is 0. The monoisotopic (exact) mass is 605 g/mol. The Morgan fingerprint density at radius 3 is 2.19 bits per heavy atom. The molecule has 0 amide bonds. The normalized spacial score (nSPS) is 15.6. The third kappa shape index (κ3) is 4.95. The highest BCUT2D eigenvalue weighted by atomic mass is 16.3. The predicted molar refractivity (Wildman–Crippen MR) is 194 cm³/mol. The van der Waals surface area contributed by atoms with Gasteiger partial charge in [-0.3, -0.25) is 0 Å². The predicted octanol–water partition coefficient (Wildman–Crippen LogP) is 10.4. The Morgan fingerprint density at radius 1 is 0.617 bits per heavy atom. The molecule has 0 saturated carbocycles. The molecule has 9 rings (SSSR count). The lowest BCUT2D eigenvalue weighted by Crippen LogP contribution is -2.33. The summed E-state index contributed by atoms with van der Waals surface area (Å²) in [4.78, 5) is 10.2. The van der Waals surface area contributed by atoms with Crippen molar-refractivity contribution in [1.82, 2.24) is 5.32 Å². The first-order chi connectivity index (χ1) is 23.3. The van der Waals surface area contributed by atoms with Gasteiger partial charge in [0.15, 0.2) is 5.84 Å². The second kappa shape index (κ2) is 11.4. The number of para-hydroxylation sites is 1. The Balaban J connectivity index is 1.19. The first-order valence-electron chi connectivity index (χ1n) is 16.2. The maximum absolute atomic E-state index is 6.51. The number of benzene rings is 6. The Morgan fingerprint density at radius 2 is 1.36 bits per heavy atom. The molecule has 0 spiro atoms. The van der Waals surface area contributed by atoms with Crippen LogP contribution in [0.3, 0.4) is 0 Å². The maximum atomic E-state index is 6.51. The van der Waals surface area contributed by atoms with Crippen LogP contribution in [0.1, 0.15) is 40.4 Å². The van der Waals surface area contributed by atoms with Gasteiger partial charge in [0.2, 0.25) is 0 Å². The molecular formula is C43H31N3O. The number of nitrogens with one attached hydrogen (secondary N) is 1. The van der Waals surface area contributed by atoms with Crippen molar-refractivity contribution in [2.45, 2.75) is 19.0 Å². The molecule has 1 aliphatic carbocycles. The Labute approximate surface area is 273 Å². The standard InChI is InChI=1S/C43H31N3O/c1-3-13-31(14-4-1)41-44-42(32-15-5-2-6-16-32)46-43(45-41)37-26-33(27-39-40(37)36-19-9-10-21-38(36)47-39)28-22-24-30(25-23-28)35-20-11-17-29-12-7-8-18-34(29)35/h1-7,9-17,19-27,43H,8,18H2,(H,44,45,46). The van der Waals surface area contributed by atoms with E-state index in [1.165, 1.54) is 22.3 Å². The first-order valence-corrected chi connectivity index (χ1v) is 16.2. The molecule has 4 nitrogen and oxygen atoms in total. The van der Waals surface area contributed by atoms with E-state index in [-0.39, 0.29) is 6.17 Å². The highest BCUT2D eigenvalue weighted by molar-refractivity contribution is 6.14. The molecule has 0 radical (unpaired) electrons.